The molecule has 5 atom stereocenters. The van der Waals surface area contributed by atoms with Gasteiger partial charge in [-0.1, -0.05) is 84.3 Å². The van der Waals surface area contributed by atoms with Gasteiger partial charge in [0.15, 0.2) is 16.6 Å². The normalized spacial score (nSPS) is 29.3. The second-order valence-electron chi connectivity index (χ2n) is 15.6. The standard InChI is InChI=1S/C33H60O3Si2/c1-32(2,3)37(7,8)35-30(25-16-12-11-13-17-25)21-20-28-29-24-26(18-14-15-23-34)27(29)19-22-31(28)36-38(9,10)33(4,5)6/h18,25,27-31,34H,11-17,19,22-24H2,1-10H3/b26-18-/t27-,28-,29+,30?,31-/m1/s1. The molecule has 3 fully saturated rings. The van der Waals surface area contributed by atoms with E-state index < -0.39 is 16.6 Å². The molecule has 0 aromatic carbocycles. The highest BCUT2D eigenvalue weighted by Crippen LogP contribution is 2.53. The fraction of sp³-hybridized carbons (Fsp3) is 0.879. The van der Waals surface area contributed by atoms with Gasteiger partial charge in [0.25, 0.3) is 0 Å². The fourth-order valence-electron chi connectivity index (χ4n) is 6.11. The quantitative estimate of drug-likeness (QED) is 0.139. The first-order valence-corrected chi connectivity index (χ1v) is 21.6. The molecule has 0 bridgehead atoms. The number of hydrogen-bond acceptors (Lipinski definition) is 3. The average Bonchev–Trinajstić information content (AvgIpc) is 2.79. The van der Waals surface area contributed by atoms with Crippen LogP contribution in [-0.4, -0.2) is 40.6 Å². The average molecular weight is 561 g/mol. The predicted octanol–water partition coefficient (Wildman–Crippen LogP) is 9.10. The van der Waals surface area contributed by atoms with Gasteiger partial charge >= 0.3 is 0 Å². The maximum Gasteiger partial charge on any atom is 0.193 e. The second kappa shape index (κ2) is 12.6. The van der Waals surface area contributed by atoms with Crippen LogP contribution in [-0.2, 0) is 8.85 Å². The molecule has 0 spiro atoms. The van der Waals surface area contributed by atoms with Crippen LogP contribution in [0.5, 0.6) is 0 Å². The number of unbranched alkanes of at least 4 members (excludes halogenated alkanes) is 1. The number of aliphatic hydroxyl groups excluding tert-OH is 1. The molecule has 0 heterocycles. The molecule has 0 amide bonds. The molecule has 3 aliphatic rings. The molecule has 0 aliphatic heterocycles. The Morgan fingerprint density at radius 3 is 2.13 bits per heavy atom. The first-order chi connectivity index (χ1) is 17.6. The summed E-state index contributed by atoms with van der Waals surface area (Å²) < 4.78 is 14.2. The van der Waals surface area contributed by atoms with Crippen molar-refractivity contribution in [3.8, 4) is 11.8 Å². The summed E-state index contributed by atoms with van der Waals surface area (Å²) in [4.78, 5) is 0. The Morgan fingerprint density at radius 1 is 0.921 bits per heavy atom. The van der Waals surface area contributed by atoms with Crippen molar-refractivity contribution in [1.82, 2.24) is 0 Å². The van der Waals surface area contributed by atoms with Crippen LogP contribution in [0.4, 0.5) is 0 Å². The van der Waals surface area contributed by atoms with Crippen LogP contribution < -0.4 is 0 Å². The number of aliphatic hydroxyl groups is 1. The van der Waals surface area contributed by atoms with Crippen LogP contribution >= 0.6 is 0 Å². The van der Waals surface area contributed by atoms with E-state index in [2.05, 4.69) is 85.6 Å². The molecule has 1 unspecified atom stereocenters. The largest absolute Gasteiger partial charge is 0.413 e. The smallest absolute Gasteiger partial charge is 0.193 e. The van der Waals surface area contributed by atoms with E-state index in [-0.39, 0.29) is 28.9 Å². The number of fused-ring (bicyclic) bond motifs is 1. The fourth-order valence-corrected chi connectivity index (χ4v) is 8.72. The summed E-state index contributed by atoms with van der Waals surface area (Å²) in [5.41, 5.74) is 1.61. The summed E-state index contributed by atoms with van der Waals surface area (Å²) in [5.74, 6) is 9.88. The summed E-state index contributed by atoms with van der Waals surface area (Å²) in [6, 6.07) is 0. The Kier molecular flexibility index (Phi) is 10.7. The molecule has 1 N–H and O–H groups in total. The molecular formula is C33H60O3Si2. The van der Waals surface area contributed by atoms with Gasteiger partial charge in [0.1, 0.15) is 6.10 Å². The van der Waals surface area contributed by atoms with E-state index in [1.165, 1.54) is 38.5 Å². The molecule has 0 saturated heterocycles. The van der Waals surface area contributed by atoms with Gasteiger partial charge in [-0.2, -0.15) is 0 Å². The lowest BCUT2D eigenvalue weighted by Gasteiger charge is -2.52. The van der Waals surface area contributed by atoms with Crippen molar-refractivity contribution in [1.29, 1.82) is 0 Å². The summed E-state index contributed by atoms with van der Waals surface area (Å²) in [7, 11) is -3.81. The summed E-state index contributed by atoms with van der Waals surface area (Å²) in [6.07, 6.45) is 14.6. The summed E-state index contributed by atoms with van der Waals surface area (Å²) >= 11 is 0. The molecule has 0 radical (unpaired) electrons. The van der Waals surface area contributed by atoms with Crippen molar-refractivity contribution >= 4 is 16.6 Å². The van der Waals surface area contributed by atoms with Crippen LogP contribution in [0.15, 0.2) is 11.6 Å². The lowest BCUT2D eigenvalue weighted by molar-refractivity contribution is 0.0210. The minimum Gasteiger partial charge on any atom is -0.413 e. The van der Waals surface area contributed by atoms with Crippen LogP contribution in [0.25, 0.3) is 0 Å². The number of rotatable bonds is 8. The van der Waals surface area contributed by atoms with Gasteiger partial charge in [0.2, 0.25) is 0 Å². The van der Waals surface area contributed by atoms with E-state index in [9.17, 15) is 5.11 Å². The lowest BCUT2D eigenvalue weighted by atomic mass is 9.57. The third-order valence-electron chi connectivity index (χ3n) is 10.8. The Bertz CT molecular complexity index is 861. The van der Waals surface area contributed by atoms with Crippen molar-refractivity contribution in [3.63, 3.8) is 0 Å². The molecule has 3 saturated carbocycles. The Morgan fingerprint density at radius 2 is 1.55 bits per heavy atom. The topological polar surface area (TPSA) is 38.7 Å². The summed E-state index contributed by atoms with van der Waals surface area (Å²) in [5, 5.41) is 9.63. The van der Waals surface area contributed by atoms with E-state index in [1.54, 1.807) is 5.57 Å². The Labute approximate surface area is 238 Å². The highest BCUT2D eigenvalue weighted by molar-refractivity contribution is 6.74. The van der Waals surface area contributed by atoms with Crippen LogP contribution in [0.1, 0.15) is 106 Å². The van der Waals surface area contributed by atoms with Crippen molar-refractivity contribution in [2.45, 2.75) is 154 Å². The molecule has 0 aromatic heterocycles. The van der Waals surface area contributed by atoms with Gasteiger partial charge in [-0.25, -0.2) is 0 Å². The van der Waals surface area contributed by atoms with Crippen molar-refractivity contribution in [2.24, 2.45) is 23.7 Å². The van der Waals surface area contributed by atoms with Gasteiger partial charge < -0.3 is 14.0 Å². The van der Waals surface area contributed by atoms with E-state index in [0.717, 1.165) is 25.7 Å². The minimum atomic E-state index is -1.92. The highest BCUT2D eigenvalue weighted by Gasteiger charge is 2.50. The Balaban J connectivity index is 1.90. The molecule has 5 heteroatoms. The monoisotopic (exact) mass is 560 g/mol. The van der Waals surface area contributed by atoms with E-state index in [1.807, 2.05) is 0 Å². The minimum absolute atomic E-state index is 0.0599. The zero-order valence-corrected chi connectivity index (χ0v) is 28.6. The van der Waals surface area contributed by atoms with Gasteiger partial charge in [-0.15, -0.1) is 0 Å². The molecule has 218 valence electrons. The highest BCUT2D eigenvalue weighted by atomic mass is 28.4. The van der Waals surface area contributed by atoms with Gasteiger partial charge in [-0.05, 0) is 99.0 Å². The van der Waals surface area contributed by atoms with Crippen LogP contribution in [0, 0.1) is 35.5 Å². The third-order valence-corrected chi connectivity index (χ3v) is 19.8. The zero-order chi connectivity index (χ0) is 28.4. The number of hydrogen-bond donors (Lipinski definition) is 1. The van der Waals surface area contributed by atoms with Crippen molar-refractivity contribution in [2.75, 3.05) is 6.61 Å². The maximum atomic E-state index is 9.24. The Hall–Kier alpha value is -0.386. The van der Waals surface area contributed by atoms with Gasteiger partial charge in [-0.3, -0.25) is 0 Å². The molecular weight excluding hydrogens is 501 g/mol. The van der Waals surface area contributed by atoms with Crippen molar-refractivity contribution < 1.29 is 14.0 Å². The van der Waals surface area contributed by atoms with E-state index in [4.69, 9.17) is 8.85 Å². The van der Waals surface area contributed by atoms with Gasteiger partial charge in [0.05, 0.1) is 6.10 Å². The number of allylic oxidation sites excluding steroid dienone is 2. The molecule has 3 rings (SSSR count). The zero-order valence-electron chi connectivity index (χ0n) is 26.6. The lowest BCUT2D eigenvalue weighted by Crippen LogP contribution is -2.51. The SMILES string of the molecule is CC(C)(C)[Si](C)(C)OC(C#C[C@@H]1[C@H]2C/C(=C/CCCO)[C@H]2CC[C@H]1O[Si](C)(C)C(C)(C)C)C1CCCCC1. The van der Waals surface area contributed by atoms with E-state index in [0.29, 0.717) is 23.7 Å². The molecule has 38 heavy (non-hydrogen) atoms. The molecule has 0 aromatic rings. The van der Waals surface area contributed by atoms with Crippen LogP contribution in [0.2, 0.25) is 36.3 Å². The maximum absolute atomic E-state index is 9.24. The summed E-state index contributed by atoms with van der Waals surface area (Å²) in [6.45, 7) is 23.9. The van der Waals surface area contributed by atoms with E-state index >= 15 is 0 Å². The third kappa shape index (κ3) is 7.66. The van der Waals surface area contributed by atoms with Crippen LogP contribution in [0.3, 0.4) is 0 Å². The predicted molar refractivity (Wildman–Crippen MR) is 167 cm³/mol. The second-order valence-corrected chi connectivity index (χ2v) is 25.1. The molecule has 3 nitrogen and oxygen atoms in total. The first kappa shape index (κ1) is 32.1. The first-order valence-electron chi connectivity index (χ1n) is 15.7. The van der Waals surface area contributed by atoms with Gasteiger partial charge in [0, 0.05) is 12.5 Å². The van der Waals surface area contributed by atoms with Crippen molar-refractivity contribution in [3.05, 3.63) is 11.6 Å². The molecule has 3 aliphatic carbocycles.